The van der Waals surface area contributed by atoms with E-state index >= 15 is 0 Å². The Bertz CT molecular complexity index is 682. The summed E-state index contributed by atoms with van der Waals surface area (Å²) in [5.41, 5.74) is 1.11. The molecule has 0 atom stereocenters. The molecule has 0 radical (unpaired) electrons. The van der Waals surface area contributed by atoms with E-state index in [-0.39, 0.29) is 5.54 Å². The number of aliphatic imine (C=N–C) groups is 1. The van der Waals surface area contributed by atoms with Crippen molar-refractivity contribution in [2.45, 2.75) is 37.6 Å². The average molecular weight is 389 g/mol. The van der Waals surface area contributed by atoms with Gasteiger partial charge in [0.1, 0.15) is 0 Å². The largest absolute Gasteiger partial charge is 0.490 e. The summed E-state index contributed by atoms with van der Waals surface area (Å²) in [5.74, 6) is 2.37. The summed E-state index contributed by atoms with van der Waals surface area (Å²) in [6, 6.07) is 5.95. The third kappa shape index (κ3) is 4.36. The molecule has 7 heteroatoms. The molecule has 0 unspecified atom stereocenters. The zero-order valence-corrected chi connectivity index (χ0v) is 16.8. The van der Waals surface area contributed by atoms with Crippen molar-refractivity contribution in [3.05, 3.63) is 18.2 Å². The Kier molecular flexibility index (Phi) is 6.22. The molecule has 3 aliphatic heterocycles. The van der Waals surface area contributed by atoms with Crippen molar-refractivity contribution in [3.63, 3.8) is 0 Å². The summed E-state index contributed by atoms with van der Waals surface area (Å²) in [6.45, 7) is 6.32. The highest BCUT2D eigenvalue weighted by atomic mass is 16.5. The molecule has 0 aliphatic carbocycles. The fraction of sp³-hybridized carbons (Fsp3) is 0.667. The zero-order chi connectivity index (χ0) is 19.2. The van der Waals surface area contributed by atoms with Crippen LogP contribution in [0, 0.1) is 0 Å². The molecule has 7 nitrogen and oxygen atoms in total. The van der Waals surface area contributed by atoms with Crippen LogP contribution in [0.4, 0.5) is 5.69 Å². The van der Waals surface area contributed by atoms with Gasteiger partial charge in [0.25, 0.3) is 0 Å². The van der Waals surface area contributed by atoms with E-state index in [1.54, 1.807) is 0 Å². The SMILES string of the molecule is CN=C(NCC1(N2CCCC2)CCOCC1)Nc1ccc2c(c1)OCCCO2. The molecule has 0 spiro atoms. The van der Waals surface area contributed by atoms with Crippen molar-refractivity contribution in [1.29, 1.82) is 0 Å². The van der Waals surface area contributed by atoms with E-state index in [2.05, 4.69) is 20.5 Å². The molecule has 1 aromatic rings. The Morgan fingerprint density at radius 3 is 2.54 bits per heavy atom. The fourth-order valence-electron chi connectivity index (χ4n) is 4.35. The number of benzene rings is 1. The van der Waals surface area contributed by atoms with Crippen molar-refractivity contribution in [2.24, 2.45) is 4.99 Å². The maximum Gasteiger partial charge on any atom is 0.195 e. The summed E-state index contributed by atoms with van der Waals surface area (Å²) in [4.78, 5) is 7.08. The van der Waals surface area contributed by atoms with Crippen LogP contribution in [-0.2, 0) is 4.74 Å². The molecule has 28 heavy (non-hydrogen) atoms. The predicted octanol–water partition coefficient (Wildman–Crippen LogP) is 2.48. The molecule has 0 amide bonds. The molecule has 0 aromatic heterocycles. The van der Waals surface area contributed by atoms with E-state index in [1.165, 1.54) is 25.9 Å². The first-order valence-electron chi connectivity index (χ1n) is 10.5. The number of fused-ring (bicyclic) bond motifs is 1. The van der Waals surface area contributed by atoms with Crippen LogP contribution >= 0.6 is 0 Å². The van der Waals surface area contributed by atoms with E-state index in [9.17, 15) is 0 Å². The van der Waals surface area contributed by atoms with Gasteiger partial charge in [-0.3, -0.25) is 9.89 Å². The van der Waals surface area contributed by atoms with Gasteiger partial charge in [0.05, 0.1) is 13.2 Å². The van der Waals surface area contributed by atoms with Crippen molar-refractivity contribution in [1.82, 2.24) is 10.2 Å². The van der Waals surface area contributed by atoms with Gasteiger partial charge in [-0.2, -0.15) is 0 Å². The van der Waals surface area contributed by atoms with Crippen LogP contribution in [0.5, 0.6) is 11.5 Å². The molecule has 2 saturated heterocycles. The topological polar surface area (TPSA) is 67.4 Å². The van der Waals surface area contributed by atoms with Gasteiger partial charge in [-0.25, -0.2) is 0 Å². The highest BCUT2D eigenvalue weighted by Gasteiger charge is 2.39. The smallest absolute Gasteiger partial charge is 0.195 e. The summed E-state index contributed by atoms with van der Waals surface area (Å²) in [7, 11) is 1.81. The summed E-state index contributed by atoms with van der Waals surface area (Å²) >= 11 is 0. The van der Waals surface area contributed by atoms with E-state index in [4.69, 9.17) is 14.2 Å². The Labute approximate surface area is 167 Å². The highest BCUT2D eigenvalue weighted by Crippen LogP contribution is 2.33. The third-order valence-corrected chi connectivity index (χ3v) is 6.02. The number of nitrogens with one attached hydrogen (secondary N) is 2. The molecule has 3 aliphatic rings. The molecule has 2 N–H and O–H groups in total. The van der Waals surface area contributed by atoms with Gasteiger partial charge >= 0.3 is 0 Å². The summed E-state index contributed by atoms with van der Waals surface area (Å²) in [5, 5.41) is 6.97. The number of hydrogen-bond acceptors (Lipinski definition) is 5. The van der Waals surface area contributed by atoms with Gasteiger partial charge in [-0.15, -0.1) is 0 Å². The Morgan fingerprint density at radius 2 is 1.79 bits per heavy atom. The molecular weight excluding hydrogens is 356 g/mol. The maximum absolute atomic E-state index is 5.80. The lowest BCUT2D eigenvalue weighted by atomic mass is 9.88. The molecule has 154 valence electrons. The van der Waals surface area contributed by atoms with Crippen LogP contribution in [0.25, 0.3) is 0 Å². The number of likely N-dealkylation sites (tertiary alicyclic amines) is 1. The predicted molar refractivity (Wildman–Crippen MR) is 111 cm³/mol. The Morgan fingerprint density at radius 1 is 1.04 bits per heavy atom. The van der Waals surface area contributed by atoms with E-state index in [0.29, 0.717) is 13.2 Å². The van der Waals surface area contributed by atoms with Crippen molar-refractivity contribution in [2.75, 3.05) is 58.4 Å². The van der Waals surface area contributed by atoms with Gasteiger partial charge in [0.15, 0.2) is 17.5 Å². The van der Waals surface area contributed by atoms with Crippen LogP contribution in [-0.4, -0.2) is 69.5 Å². The average Bonchev–Trinajstić information content (AvgIpc) is 3.19. The molecule has 1 aromatic carbocycles. The number of nitrogens with zero attached hydrogens (tertiary/aromatic N) is 2. The van der Waals surface area contributed by atoms with Gasteiger partial charge in [-0.1, -0.05) is 0 Å². The van der Waals surface area contributed by atoms with Crippen molar-refractivity contribution >= 4 is 11.6 Å². The second-order valence-electron chi connectivity index (χ2n) is 7.79. The standard InChI is InChI=1S/C21H32N4O3/c1-22-20(24-17-5-6-18-19(15-17)28-12-4-11-27-18)23-16-21(7-13-26-14-8-21)25-9-2-3-10-25/h5-6,15H,2-4,7-14,16H2,1H3,(H2,22,23,24). The number of ether oxygens (including phenoxy) is 3. The number of hydrogen-bond donors (Lipinski definition) is 2. The normalized spacial score (nSPS) is 22.5. The van der Waals surface area contributed by atoms with E-state index in [0.717, 1.165) is 62.2 Å². The number of rotatable bonds is 4. The Hall–Kier alpha value is -1.99. The zero-order valence-electron chi connectivity index (χ0n) is 16.8. The molecule has 2 fully saturated rings. The van der Waals surface area contributed by atoms with E-state index < -0.39 is 0 Å². The van der Waals surface area contributed by atoms with Gasteiger partial charge in [0.2, 0.25) is 0 Å². The molecule has 4 rings (SSSR count). The van der Waals surface area contributed by atoms with Crippen LogP contribution in [0.3, 0.4) is 0 Å². The maximum atomic E-state index is 5.80. The molecule has 0 bridgehead atoms. The first-order valence-corrected chi connectivity index (χ1v) is 10.5. The first-order chi connectivity index (χ1) is 13.8. The van der Waals surface area contributed by atoms with Crippen molar-refractivity contribution < 1.29 is 14.2 Å². The van der Waals surface area contributed by atoms with Gasteiger partial charge in [0, 0.05) is 50.5 Å². The van der Waals surface area contributed by atoms with Crippen LogP contribution in [0.2, 0.25) is 0 Å². The number of anilines is 1. The minimum atomic E-state index is 0.164. The molecule has 3 heterocycles. The lowest BCUT2D eigenvalue weighted by molar-refractivity contribution is -0.0163. The van der Waals surface area contributed by atoms with Gasteiger partial charge < -0.3 is 24.8 Å². The third-order valence-electron chi connectivity index (χ3n) is 6.02. The van der Waals surface area contributed by atoms with Crippen LogP contribution in [0.15, 0.2) is 23.2 Å². The first kappa shape index (κ1) is 19.3. The van der Waals surface area contributed by atoms with Crippen LogP contribution in [0.1, 0.15) is 32.1 Å². The Balaban J connectivity index is 1.41. The molecular formula is C21H32N4O3. The minimum Gasteiger partial charge on any atom is -0.490 e. The lowest BCUT2D eigenvalue weighted by Crippen LogP contribution is -2.58. The summed E-state index contributed by atoms with van der Waals surface area (Å²) in [6.07, 6.45) is 5.64. The quantitative estimate of drug-likeness (QED) is 0.610. The van der Waals surface area contributed by atoms with Crippen molar-refractivity contribution in [3.8, 4) is 11.5 Å². The second-order valence-corrected chi connectivity index (χ2v) is 7.79. The van der Waals surface area contributed by atoms with E-state index in [1.807, 2.05) is 25.2 Å². The minimum absolute atomic E-state index is 0.164. The fourth-order valence-corrected chi connectivity index (χ4v) is 4.35. The number of guanidine groups is 1. The lowest BCUT2D eigenvalue weighted by Gasteiger charge is -2.45. The highest BCUT2D eigenvalue weighted by molar-refractivity contribution is 5.93. The monoisotopic (exact) mass is 388 g/mol. The second kappa shape index (κ2) is 9.01. The summed E-state index contributed by atoms with van der Waals surface area (Å²) < 4.78 is 17.2. The van der Waals surface area contributed by atoms with Crippen LogP contribution < -0.4 is 20.1 Å². The van der Waals surface area contributed by atoms with Gasteiger partial charge in [-0.05, 0) is 50.9 Å². The molecule has 0 saturated carbocycles.